The van der Waals surface area contributed by atoms with Crippen molar-refractivity contribution in [2.24, 2.45) is 0 Å². The van der Waals surface area contributed by atoms with Crippen LogP contribution in [0.1, 0.15) is 23.1 Å². The number of aryl methyl sites for hydroxylation is 1. The summed E-state index contributed by atoms with van der Waals surface area (Å²) in [6.07, 6.45) is 0.623. The van der Waals surface area contributed by atoms with Gasteiger partial charge in [0.15, 0.2) is 0 Å². The molecule has 0 unspecified atom stereocenters. The maximum Gasteiger partial charge on any atom is 0.411 e. The fraction of sp³-hybridized carbons (Fsp3) is 0.167. The van der Waals surface area contributed by atoms with Gasteiger partial charge >= 0.3 is 6.09 Å². The van der Waals surface area contributed by atoms with Crippen LogP contribution in [0.25, 0.3) is 0 Å². The van der Waals surface area contributed by atoms with Crippen molar-refractivity contribution in [1.82, 2.24) is 0 Å². The van der Waals surface area contributed by atoms with Gasteiger partial charge in [-0.3, -0.25) is 10.1 Å². The molecule has 0 fully saturated rings. The molecule has 5 nitrogen and oxygen atoms in total. The third-order valence-corrected chi connectivity index (χ3v) is 4.92. The van der Waals surface area contributed by atoms with E-state index in [0.29, 0.717) is 25.1 Å². The summed E-state index contributed by atoms with van der Waals surface area (Å²) in [6, 6.07) is 25.1. The lowest BCUT2D eigenvalue weighted by Crippen LogP contribution is -2.34. The van der Waals surface area contributed by atoms with Crippen molar-refractivity contribution in [2.45, 2.75) is 26.0 Å². The molecule has 0 saturated carbocycles. The highest BCUT2D eigenvalue weighted by Gasteiger charge is 2.24. The third-order valence-electron chi connectivity index (χ3n) is 4.92. The lowest BCUT2D eigenvalue weighted by atomic mass is 9.99. The van der Waals surface area contributed by atoms with Crippen molar-refractivity contribution in [3.05, 3.63) is 95.6 Å². The molecule has 0 bridgehead atoms. The largest absolute Gasteiger partial charge is 0.444 e. The number of carbonyl (C=O) groups is 2. The number of fused-ring (bicyclic) bond motifs is 1. The second kappa shape index (κ2) is 8.61. The van der Waals surface area contributed by atoms with Crippen molar-refractivity contribution < 1.29 is 14.3 Å². The molecule has 29 heavy (non-hydrogen) atoms. The minimum atomic E-state index is -0.498. The second-order valence-corrected chi connectivity index (χ2v) is 7.00. The van der Waals surface area contributed by atoms with Crippen LogP contribution in [0, 0.1) is 0 Å². The van der Waals surface area contributed by atoms with E-state index >= 15 is 0 Å². The Morgan fingerprint density at radius 1 is 0.897 bits per heavy atom. The Hall–Kier alpha value is -3.60. The average molecular weight is 386 g/mol. The van der Waals surface area contributed by atoms with Crippen LogP contribution >= 0.6 is 0 Å². The molecule has 3 aromatic rings. The van der Waals surface area contributed by atoms with Crippen molar-refractivity contribution in [1.29, 1.82) is 0 Å². The van der Waals surface area contributed by atoms with Crippen molar-refractivity contribution in [3.8, 4) is 0 Å². The van der Waals surface area contributed by atoms with Gasteiger partial charge in [0.25, 0.3) is 0 Å². The van der Waals surface area contributed by atoms with Crippen LogP contribution in [0.4, 0.5) is 16.2 Å². The fourth-order valence-corrected chi connectivity index (χ4v) is 3.45. The van der Waals surface area contributed by atoms with Gasteiger partial charge in [0.05, 0.1) is 6.54 Å². The Labute approximate surface area is 169 Å². The topological polar surface area (TPSA) is 58.6 Å². The average Bonchev–Trinajstić information content (AvgIpc) is 2.76. The zero-order chi connectivity index (χ0) is 20.1. The van der Waals surface area contributed by atoms with Crippen molar-refractivity contribution in [3.63, 3.8) is 0 Å². The minimum Gasteiger partial charge on any atom is -0.444 e. The Kier molecular flexibility index (Phi) is 5.56. The second-order valence-electron chi connectivity index (χ2n) is 7.00. The summed E-state index contributed by atoms with van der Waals surface area (Å²) in [5, 5.41) is 2.77. The maximum atomic E-state index is 12.5. The van der Waals surface area contributed by atoms with E-state index in [9.17, 15) is 9.59 Å². The number of hydrogen-bond acceptors (Lipinski definition) is 3. The molecular formula is C24H22N2O3. The van der Waals surface area contributed by atoms with E-state index in [0.717, 1.165) is 22.4 Å². The van der Waals surface area contributed by atoms with Crippen LogP contribution in [-0.2, 0) is 29.1 Å². The lowest BCUT2D eigenvalue weighted by Gasteiger charge is -2.30. The van der Waals surface area contributed by atoms with E-state index < -0.39 is 6.09 Å². The smallest absolute Gasteiger partial charge is 0.411 e. The minimum absolute atomic E-state index is 0.115. The SMILES string of the molecule is O=C(Nc1ccc2c(c1)CCC(=O)N2Cc1ccccc1)OCc1ccccc1. The molecule has 0 radical (unpaired) electrons. The van der Waals surface area contributed by atoms with E-state index in [4.69, 9.17) is 4.74 Å². The molecule has 1 aliphatic rings. The zero-order valence-electron chi connectivity index (χ0n) is 16.0. The summed E-state index contributed by atoms with van der Waals surface area (Å²) in [7, 11) is 0. The van der Waals surface area contributed by atoms with Gasteiger partial charge in [-0.1, -0.05) is 60.7 Å². The van der Waals surface area contributed by atoms with E-state index in [-0.39, 0.29) is 12.5 Å². The molecule has 0 spiro atoms. The van der Waals surface area contributed by atoms with Crippen molar-refractivity contribution in [2.75, 3.05) is 10.2 Å². The van der Waals surface area contributed by atoms with Gasteiger partial charge in [-0.15, -0.1) is 0 Å². The molecule has 0 aliphatic carbocycles. The lowest BCUT2D eigenvalue weighted by molar-refractivity contribution is -0.119. The monoisotopic (exact) mass is 386 g/mol. The highest BCUT2D eigenvalue weighted by Crippen LogP contribution is 2.31. The van der Waals surface area contributed by atoms with E-state index in [1.54, 1.807) is 6.07 Å². The predicted molar refractivity (Wildman–Crippen MR) is 113 cm³/mol. The molecular weight excluding hydrogens is 364 g/mol. The van der Waals surface area contributed by atoms with Gasteiger partial charge in [-0.05, 0) is 41.3 Å². The van der Waals surface area contributed by atoms with Gasteiger partial charge in [0.2, 0.25) is 5.91 Å². The molecule has 1 N–H and O–H groups in total. The molecule has 4 rings (SSSR count). The summed E-state index contributed by atoms with van der Waals surface area (Å²) < 4.78 is 5.28. The van der Waals surface area contributed by atoms with Gasteiger partial charge in [-0.25, -0.2) is 4.79 Å². The number of hydrogen-bond donors (Lipinski definition) is 1. The normalized spacial score (nSPS) is 13.0. The number of rotatable bonds is 5. The summed E-state index contributed by atoms with van der Waals surface area (Å²) in [5.41, 5.74) is 4.62. The molecule has 146 valence electrons. The third kappa shape index (κ3) is 4.63. The van der Waals surface area contributed by atoms with Crippen molar-refractivity contribution >= 4 is 23.4 Å². The quantitative estimate of drug-likeness (QED) is 0.677. The highest BCUT2D eigenvalue weighted by atomic mass is 16.5. The first-order valence-corrected chi connectivity index (χ1v) is 9.64. The first kappa shape index (κ1) is 18.7. The molecule has 0 atom stereocenters. The standard InChI is InChI=1S/C24H22N2O3/c27-23-14-11-20-15-21(25-24(28)29-17-19-9-5-2-6-10-19)12-13-22(20)26(23)16-18-7-3-1-4-8-18/h1-10,12-13,15H,11,14,16-17H2,(H,25,28). The summed E-state index contributed by atoms with van der Waals surface area (Å²) >= 11 is 0. The van der Waals surface area contributed by atoms with Gasteiger partial charge in [-0.2, -0.15) is 0 Å². The Balaban J connectivity index is 1.43. The van der Waals surface area contributed by atoms with Crippen LogP contribution in [0.15, 0.2) is 78.9 Å². The summed E-state index contributed by atoms with van der Waals surface area (Å²) in [6.45, 7) is 0.759. The van der Waals surface area contributed by atoms with Crippen LogP contribution in [0.3, 0.4) is 0 Å². The molecule has 0 saturated heterocycles. The molecule has 2 amide bonds. The Morgan fingerprint density at radius 2 is 1.59 bits per heavy atom. The Morgan fingerprint density at radius 3 is 2.31 bits per heavy atom. The number of carbonyl (C=O) groups excluding carboxylic acids is 2. The highest BCUT2D eigenvalue weighted by molar-refractivity contribution is 5.97. The number of ether oxygens (including phenoxy) is 1. The first-order valence-electron chi connectivity index (χ1n) is 9.64. The maximum absolute atomic E-state index is 12.5. The predicted octanol–water partition coefficient (Wildman–Crippen LogP) is 4.91. The van der Waals surface area contributed by atoms with Crippen LogP contribution in [-0.4, -0.2) is 12.0 Å². The van der Waals surface area contributed by atoms with Crippen LogP contribution in [0.5, 0.6) is 0 Å². The Bertz CT molecular complexity index is 1000. The molecule has 1 aliphatic heterocycles. The zero-order valence-corrected chi connectivity index (χ0v) is 16.0. The summed E-state index contributed by atoms with van der Waals surface area (Å²) in [4.78, 5) is 26.4. The molecule has 0 aromatic heterocycles. The van der Waals surface area contributed by atoms with E-state index in [1.807, 2.05) is 77.7 Å². The summed E-state index contributed by atoms with van der Waals surface area (Å²) in [5.74, 6) is 0.115. The van der Waals surface area contributed by atoms with Crippen LogP contribution < -0.4 is 10.2 Å². The number of amides is 2. The molecule has 5 heteroatoms. The number of benzene rings is 3. The van der Waals surface area contributed by atoms with Gasteiger partial charge < -0.3 is 9.64 Å². The number of nitrogens with one attached hydrogen (secondary N) is 1. The molecule has 3 aromatic carbocycles. The molecule has 1 heterocycles. The number of anilines is 2. The van der Waals surface area contributed by atoms with Gasteiger partial charge in [0, 0.05) is 17.8 Å². The fourth-order valence-electron chi connectivity index (χ4n) is 3.45. The van der Waals surface area contributed by atoms with Crippen LogP contribution in [0.2, 0.25) is 0 Å². The van der Waals surface area contributed by atoms with E-state index in [1.165, 1.54) is 0 Å². The first-order chi connectivity index (χ1) is 14.2. The number of nitrogens with zero attached hydrogens (tertiary/aromatic N) is 1. The van der Waals surface area contributed by atoms with Gasteiger partial charge in [0.1, 0.15) is 6.61 Å². The van der Waals surface area contributed by atoms with E-state index in [2.05, 4.69) is 5.32 Å².